The normalized spacial score (nSPS) is 13.4. The molecule has 0 unspecified atom stereocenters. The minimum Gasteiger partial charge on any atom is -0.456 e. The Morgan fingerprint density at radius 2 is 0.864 bits per heavy atom. The number of fused-ring (bicyclic) bond motifs is 13. The highest BCUT2D eigenvalue weighted by Gasteiger charge is 2.36. The molecule has 10 aromatic carbocycles. The Kier molecular flexibility index (Phi) is 6.54. The van der Waals surface area contributed by atoms with Gasteiger partial charge in [-0.2, -0.15) is 0 Å². The molecule has 0 atom stereocenters. The van der Waals surface area contributed by atoms with Crippen LogP contribution in [0.1, 0.15) is 25.0 Å². The average Bonchev–Trinajstić information content (AvgIpc) is 3.91. The summed E-state index contributed by atoms with van der Waals surface area (Å²) in [6.45, 7) is 4.77. The van der Waals surface area contributed by atoms with E-state index in [1.807, 2.05) is 12.1 Å². The molecule has 13 rings (SSSR count). The van der Waals surface area contributed by atoms with Crippen molar-refractivity contribution in [3.63, 3.8) is 0 Å². The molecule has 0 radical (unpaired) electrons. The van der Waals surface area contributed by atoms with Crippen LogP contribution in [0.4, 0.5) is 0 Å². The SMILES string of the molecule is CC1(C)c2cc(-c3ccc4oc5cc6ccc7c8ccccc8oc7c6cc5c4c3)ccc2-c2ccc(-c3c4ccccc4c(-c4ccccc4)c4ccccc34)cc21. The fourth-order valence-corrected chi connectivity index (χ4v) is 10.4. The summed E-state index contributed by atoms with van der Waals surface area (Å²) in [7, 11) is 0. The van der Waals surface area contributed by atoms with Gasteiger partial charge in [-0.25, -0.2) is 0 Å². The molecule has 0 N–H and O–H groups in total. The predicted octanol–water partition coefficient (Wildman–Crippen LogP) is 16.3. The molecule has 276 valence electrons. The van der Waals surface area contributed by atoms with Gasteiger partial charge in [0.25, 0.3) is 0 Å². The number of hydrogen-bond donors (Lipinski definition) is 0. The van der Waals surface area contributed by atoms with Gasteiger partial charge in [0.05, 0.1) is 0 Å². The van der Waals surface area contributed by atoms with Gasteiger partial charge in [0.1, 0.15) is 22.3 Å². The lowest BCUT2D eigenvalue weighted by Gasteiger charge is -2.23. The maximum atomic E-state index is 6.47. The van der Waals surface area contributed by atoms with Crippen LogP contribution in [-0.2, 0) is 5.41 Å². The van der Waals surface area contributed by atoms with Crippen LogP contribution in [0.3, 0.4) is 0 Å². The zero-order chi connectivity index (χ0) is 39.0. The average molecular weight is 753 g/mol. The summed E-state index contributed by atoms with van der Waals surface area (Å²) in [5.41, 5.74) is 16.2. The van der Waals surface area contributed by atoms with Crippen LogP contribution < -0.4 is 0 Å². The van der Waals surface area contributed by atoms with Crippen molar-refractivity contribution in [2.75, 3.05) is 0 Å². The largest absolute Gasteiger partial charge is 0.456 e. The monoisotopic (exact) mass is 752 g/mol. The van der Waals surface area contributed by atoms with Gasteiger partial charge < -0.3 is 8.83 Å². The lowest BCUT2D eigenvalue weighted by atomic mass is 9.80. The fraction of sp³-hybridized carbons (Fsp3) is 0.0526. The molecule has 1 aliphatic rings. The van der Waals surface area contributed by atoms with Crippen molar-refractivity contribution in [2.24, 2.45) is 0 Å². The van der Waals surface area contributed by atoms with Gasteiger partial charge in [-0.15, -0.1) is 0 Å². The van der Waals surface area contributed by atoms with E-state index in [9.17, 15) is 0 Å². The first-order valence-corrected chi connectivity index (χ1v) is 20.5. The maximum absolute atomic E-state index is 6.47. The zero-order valence-electron chi connectivity index (χ0n) is 32.6. The molecular weight excluding hydrogens is 717 g/mol. The van der Waals surface area contributed by atoms with Gasteiger partial charge >= 0.3 is 0 Å². The third-order valence-electron chi connectivity index (χ3n) is 13.2. The topological polar surface area (TPSA) is 26.3 Å². The molecular formula is C57H36O2. The summed E-state index contributed by atoms with van der Waals surface area (Å²) in [4.78, 5) is 0. The Morgan fingerprint density at radius 1 is 0.322 bits per heavy atom. The van der Waals surface area contributed by atoms with E-state index in [4.69, 9.17) is 8.83 Å². The third kappa shape index (κ3) is 4.57. The molecule has 2 nitrogen and oxygen atoms in total. The molecule has 0 aliphatic heterocycles. The van der Waals surface area contributed by atoms with E-state index in [-0.39, 0.29) is 5.41 Å². The lowest BCUT2D eigenvalue weighted by Crippen LogP contribution is -2.15. The third-order valence-corrected chi connectivity index (χ3v) is 13.2. The highest BCUT2D eigenvalue weighted by atomic mass is 16.3. The molecule has 0 amide bonds. The van der Waals surface area contributed by atoms with E-state index < -0.39 is 0 Å². The standard InChI is InChI=1S/C57H36O2/c1-57(2)49-29-35(34-23-27-52-47(28-34)48-32-46-36(31-53(48)58-52)21-26-45-40-14-10-11-19-51(40)59-56(45)46)20-24-38(49)39-25-22-37(30-50(39)57)55-43-17-8-6-15-41(43)54(33-12-4-3-5-13-33)42-16-7-9-18-44(42)55/h3-32H,1-2H3. The zero-order valence-corrected chi connectivity index (χ0v) is 32.6. The van der Waals surface area contributed by atoms with E-state index in [2.05, 4.69) is 184 Å². The smallest absolute Gasteiger partial charge is 0.143 e. The van der Waals surface area contributed by atoms with Crippen molar-refractivity contribution in [1.29, 1.82) is 0 Å². The molecule has 2 aromatic heterocycles. The highest BCUT2D eigenvalue weighted by molar-refractivity contribution is 6.22. The van der Waals surface area contributed by atoms with Crippen LogP contribution >= 0.6 is 0 Å². The second-order valence-corrected chi connectivity index (χ2v) is 16.8. The van der Waals surface area contributed by atoms with Crippen LogP contribution in [0, 0.1) is 0 Å². The van der Waals surface area contributed by atoms with Crippen LogP contribution in [0.15, 0.2) is 191 Å². The summed E-state index contributed by atoms with van der Waals surface area (Å²) < 4.78 is 12.9. The van der Waals surface area contributed by atoms with Crippen molar-refractivity contribution < 1.29 is 8.83 Å². The Balaban J connectivity index is 0.935. The van der Waals surface area contributed by atoms with Crippen molar-refractivity contribution in [3.8, 4) is 44.5 Å². The second-order valence-electron chi connectivity index (χ2n) is 16.8. The minimum absolute atomic E-state index is 0.199. The van der Waals surface area contributed by atoms with Crippen molar-refractivity contribution in [2.45, 2.75) is 19.3 Å². The molecule has 0 spiro atoms. The molecule has 0 saturated heterocycles. The number of para-hydroxylation sites is 1. The number of hydrogen-bond acceptors (Lipinski definition) is 2. The first kappa shape index (κ1) is 32.6. The van der Waals surface area contributed by atoms with Crippen LogP contribution in [0.5, 0.6) is 0 Å². The molecule has 12 aromatic rings. The number of furan rings is 2. The van der Waals surface area contributed by atoms with Crippen LogP contribution in [0.2, 0.25) is 0 Å². The Morgan fingerprint density at radius 3 is 1.58 bits per heavy atom. The fourth-order valence-electron chi connectivity index (χ4n) is 10.4. The van der Waals surface area contributed by atoms with E-state index in [1.54, 1.807) is 0 Å². The van der Waals surface area contributed by atoms with Gasteiger partial charge in [-0.3, -0.25) is 0 Å². The Bertz CT molecular complexity index is 3690. The van der Waals surface area contributed by atoms with Gasteiger partial charge in [-0.05, 0) is 131 Å². The summed E-state index contributed by atoms with van der Waals surface area (Å²) >= 11 is 0. The highest BCUT2D eigenvalue weighted by Crippen LogP contribution is 2.52. The second kappa shape index (κ2) is 11.8. The molecule has 0 saturated carbocycles. The van der Waals surface area contributed by atoms with Crippen molar-refractivity contribution in [1.82, 2.24) is 0 Å². The van der Waals surface area contributed by atoms with Crippen LogP contribution in [-0.4, -0.2) is 0 Å². The Hall–Kier alpha value is -7.42. The first-order valence-electron chi connectivity index (χ1n) is 20.5. The molecule has 59 heavy (non-hydrogen) atoms. The van der Waals surface area contributed by atoms with E-state index in [0.717, 1.165) is 54.6 Å². The van der Waals surface area contributed by atoms with Crippen molar-refractivity contribution in [3.05, 3.63) is 193 Å². The number of benzene rings is 10. The minimum atomic E-state index is -0.199. The summed E-state index contributed by atoms with van der Waals surface area (Å²) in [6, 6.07) is 66.6. The molecule has 0 bridgehead atoms. The summed E-state index contributed by atoms with van der Waals surface area (Å²) in [6.07, 6.45) is 0. The van der Waals surface area contributed by atoms with Gasteiger partial charge in [0, 0.05) is 32.3 Å². The molecule has 0 fully saturated rings. The first-order chi connectivity index (χ1) is 29.0. The molecule has 1 aliphatic carbocycles. The summed E-state index contributed by atoms with van der Waals surface area (Å²) in [5.74, 6) is 0. The van der Waals surface area contributed by atoms with Gasteiger partial charge in [0.15, 0.2) is 0 Å². The quantitative estimate of drug-likeness (QED) is 0.168. The molecule has 2 heterocycles. The Labute approximate surface area is 340 Å². The van der Waals surface area contributed by atoms with Gasteiger partial charge in [-0.1, -0.05) is 147 Å². The lowest BCUT2D eigenvalue weighted by molar-refractivity contribution is 0.661. The van der Waals surface area contributed by atoms with Crippen LogP contribution in [0.25, 0.3) is 121 Å². The van der Waals surface area contributed by atoms with E-state index >= 15 is 0 Å². The van der Waals surface area contributed by atoms with E-state index in [1.165, 1.54) is 77.2 Å². The predicted molar refractivity (Wildman–Crippen MR) is 247 cm³/mol. The maximum Gasteiger partial charge on any atom is 0.143 e. The summed E-state index contributed by atoms with van der Waals surface area (Å²) in [5, 5.41) is 11.8. The number of rotatable bonds is 3. The van der Waals surface area contributed by atoms with E-state index in [0.29, 0.717) is 0 Å². The van der Waals surface area contributed by atoms with Gasteiger partial charge in [0.2, 0.25) is 0 Å². The molecule has 2 heteroatoms. The van der Waals surface area contributed by atoms with Crippen molar-refractivity contribution >= 4 is 76.2 Å².